The number of methoxy groups -OCH3 is 1. The molecule has 0 N–H and O–H groups in total. The molecule has 10 rings (SSSR count). The molecule has 8 atom stereocenters. The highest BCUT2D eigenvalue weighted by atomic mass is 16.6. The maximum Gasteiger partial charge on any atom is 0.410 e. The fourth-order valence-electron chi connectivity index (χ4n) is 14.6. The molecule has 61 heavy (non-hydrogen) atoms. The molecule has 1 aliphatic heterocycles. The number of piperazine rings is 1. The molecule has 2 heterocycles. The van der Waals surface area contributed by atoms with Crippen molar-refractivity contribution in [3.8, 4) is 5.75 Å². The van der Waals surface area contributed by atoms with Crippen molar-refractivity contribution in [1.82, 2.24) is 4.90 Å². The summed E-state index contributed by atoms with van der Waals surface area (Å²) in [6, 6.07) is 17.5. The lowest BCUT2D eigenvalue weighted by Gasteiger charge is -2.58. The number of ether oxygens (including phenoxy) is 2. The first kappa shape index (κ1) is 40.9. The Hall–Kier alpha value is -4.19. The van der Waals surface area contributed by atoms with E-state index in [2.05, 4.69) is 95.0 Å². The molecule has 1 aromatic heterocycles. The number of hydrogen-bond donors (Lipinski definition) is 0. The number of nitrogens with zero attached hydrogens (tertiary/aromatic N) is 2. The second-order valence-corrected chi connectivity index (χ2v) is 21.1. The molecule has 4 aromatic carbocycles. The summed E-state index contributed by atoms with van der Waals surface area (Å²) >= 11 is 0. The second kappa shape index (κ2) is 15.9. The molecule has 324 valence electrons. The van der Waals surface area contributed by atoms with Crippen molar-refractivity contribution in [2.24, 2.45) is 46.3 Å². The third-order valence-corrected chi connectivity index (χ3v) is 17.7. The van der Waals surface area contributed by atoms with Crippen LogP contribution in [-0.4, -0.2) is 50.4 Å². The summed E-state index contributed by atoms with van der Waals surface area (Å²) in [4.78, 5) is 18.2. The molecular weight excluding hydrogens is 753 g/mol. The van der Waals surface area contributed by atoms with E-state index < -0.39 is 0 Å². The molecular formula is C55H70N2O4. The number of amides is 1. The Kier molecular flexibility index (Phi) is 10.6. The summed E-state index contributed by atoms with van der Waals surface area (Å²) in [6.45, 7) is 17.5. The lowest BCUT2D eigenvalue weighted by molar-refractivity contribution is -0.0593. The molecule has 1 saturated heterocycles. The van der Waals surface area contributed by atoms with Gasteiger partial charge in [0, 0.05) is 43.4 Å². The molecule has 6 nitrogen and oxygen atoms in total. The number of rotatable bonds is 9. The quantitative estimate of drug-likeness (QED) is 0.109. The SMILES string of the molecule is CCc1c2ccccc2c2c3cc(N4CCN(C(=O)OC5CCC6(C)C(=CCC7C6CCC6(C)C(C(C)CCCC(C)C)CCC76)C5)CC4)c(OC)cc3c3occcc3c12. The van der Waals surface area contributed by atoms with Crippen molar-refractivity contribution in [2.45, 2.75) is 125 Å². The Bertz CT molecular complexity index is 2490. The summed E-state index contributed by atoms with van der Waals surface area (Å²) in [7, 11) is 1.76. The standard InChI is InChI=1S/C55H70N2O4/c1-8-38-39-15-9-10-16-40(39)51-43-32-48(49(59-7)33-44(43)52-42(50(38)51)17-12-30-60-52)56-26-28-57(29-27-56)53(58)61-37-22-24-54(5)36(31-37)18-19-41-46-21-20-45(35(4)14-11-13-34(2)3)55(46,6)25-23-47(41)54/h9-10,12,15-18,30,32-35,37,41,45-47H,8,11,13-14,19-29,31H2,1-7H3. The Morgan fingerprint density at radius 2 is 1.64 bits per heavy atom. The number of hydrogen-bond acceptors (Lipinski definition) is 5. The first-order valence-electron chi connectivity index (χ1n) is 24.3. The molecule has 5 aliphatic rings. The summed E-state index contributed by atoms with van der Waals surface area (Å²) in [5.74, 6) is 5.82. The van der Waals surface area contributed by atoms with E-state index in [0.29, 0.717) is 31.6 Å². The van der Waals surface area contributed by atoms with Crippen LogP contribution in [-0.2, 0) is 11.2 Å². The van der Waals surface area contributed by atoms with Crippen LogP contribution in [0.25, 0.3) is 43.3 Å². The third kappa shape index (κ3) is 6.66. The van der Waals surface area contributed by atoms with Crippen molar-refractivity contribution in [2.75, 3.05) is 38.2 Å². The van der Waals surface area contributed by atoms with Crippen molar-refractivity contribution in [1.29, 1.82) is 0 Å². The van der Waals surface area contributed by atoms with Gasteiger partial charge in [0.2, 0.25) is 0 Å². The normalized spacial score (nSPS) is 29.5. The van der Waals surface area contributed by atoms with E-state index in [9.17, 15) is 4.79 Å². The maximum absolute atomic E-state index is 13.9. The van der Waals surface area contributed by atoms with Gasteiger partial charge in [-0.25, -0.2) is 4.79 Å². The Labute approximate surface area is 364 Å². The lowest BCUT2D eigenvalue weighted by Crippen LogP contribution is -2.52. The fourth-order valence-corrected chi connectivity index (χ4v) is 14.6. The largest absolute Gasteiger partial charge is 0.495 e. The van der Waals surface area contributed by atoms with Gasteiger partial charge < -0.3 is 23.7 Å². The minimum Gasteiger partial charge on any atom is -0.495 e. The Morgan fingerprint density at radius 1 is 0.852 bits per heavy atom. The smallest absolute Gasteiger partial charge is 0.410 e. The molecule has 4 fully saturated rings. The van der Waals surface area contributed by atoms with Gasteiger partial charge in [0.05, 0.1) is 19.1 Å². The Morgan fingerprint density at radius 3 is 2.41 bits per heavy atom. The molecule has 3 saturated carbocycles. The second-order valence-electron chi connectivity index (χ2n) is 21.1. The molecule has 0 bridgehead atoms. The average Bonchev–Trinajstić information content (AvgIpc) is 3.81. The van der Waals surface area contributed by atoms with Crippen molar-refractivity contribution >= 4 is 55.1 Å². The first-order valence-corrected chi connectivity index (χ1v) is 24.3. The lowest BCUT2D eigenvalue weighted by atomic mass is 9.47. The van der Waals surface area contributed by atoms with Gasteiger partial charge in [-0.3, -0.25) is 0 Å². The number of fused-ring (bicyclic) bond motifs is 13. The van der Waals surface area contributed by atoms with E-state index in [1.54, 1.807) is 18.9 Å². The van der Waals surface area contributed by atoms with Crippen LogP contribution in [0.15, 0.2) is 70.9 Å². The minimum atomic E-state index is -0.147. The number of allylic oxidation sites excluding steroid dienone is 1. The van der Waals surface area contributed by atoms with E-state index in [0.717, 1.165) is 89.0 Å². The number of benzene rings is 3. The minimum absolute atomic E-state index is 0.0339. The van der Waals surface area contributed by atoms with Crippen LogP contribution in [0.5, 0.6) is 5.75 Å². The topological polar surface area (TPSA) is 55.2 Å². The number of anilines is 1. The van der Waals surface area contributed by atoms with Crippen LogP contribution in [0.4, 0.5) is 10.5 Å². The van der Waals surface area contributed by atoms with Crippen molar-refractivity contribution in [3.63, 3.8) is 0 Å². The van der Waals surface area contributed by atoms with Gasteiger partial charge in [-0.1, -0.05) is 96.7 Å². The number of carbonyl (C=O) groups excluding carboxylic acids is 1. The number of carbonyl (C=O) groups is 1. The van der Waals surface area contributed by atoms with Gasteiger partial charge in [-0.2, -0.15) is 0 Å². The molecule has 1 amide bonds. The van der Waals surface area contributed by atoms with Crippen LogP contribution in [0.3, 0.4) is 0 Å². The van der Waals surface area contributed by atoms with E-state index in [-0.39, 0.29) is 17.6 Å². The van der Waals surface area contributed by atoms with Crippen LogP contribution in [0, 0.1) is 46.3 Å². The molecule has 6 heteroatoms. The maximum atomic E-state index is 13.9. The Balaban J connectivity index is 0.822. The summed E-state index contributed by atoms with van der Waals surface area (Å²) in [5.41, 5.74) is 5.66. The van der Waals surface area contributed by atoms with Crippen molar-refractivity contribution < 1.29 is 18.7 Å². The molecule has 5 aromatic rings. The number of aryl methyl sites for hydroxylation is 1. The van der Waals surface area contributed by atoms with E-state index in [1.807, 2.05) is 11.0 Å². The summed E-state index contributed by atoms with van der Waals surface area (Å²) < 4.78 is 18.8. The zero-order valence-electron chi connectivity index (χ0n) is 38.2. The first-order chi connectivity index (χ1) is 29.5. The summed E-state index contributed by atoms with van der Waals surface area (Å²) in [5, 5.41) is 8.53. The van der Waals surface area contributed by atoms with Crippen LogP contribution in [0.1, 0.15) is 118 Å². The molecule has 8 unspecified atom stereocenters. The van der Waals surface area contributed by atoms with E-state index in [1.165, 1.54) is 83.9 Å². The van der Waals surface area contributed by atoms with Gasteiger partial charge in [0.25, 0.3) is 0 Å². The highest BCUT2D eigenvalue weighted by Crippen LogP contribution is 2.67. The predicted octanol–water partition coefficient (Wildman–Crippen LogP) is 14.1. The summed E-state index contributed by atoms with van der Waals surface area (Å²) in [6.07, 6.45) is 19.2. The monoisotopic (exact) mass is 823 g/mol. The van der Waals surface area contributed by atoms with Gasteiger partial charge >= 0.3 is 6.09 Å². The van der Waals surface area contributed by atoms with Crippen LogP contribution >= 0.6 is 0 Å². The molecule has 0 spiro atoms. The van der Waals surface area contributed by atoms with Crippen LogP contribution < -0.4 is 9.64 Å². The third-order valence-electron chi connectivity index (χ3n) is 17.7. The van der Waals surface area contributed by atoms with E-state index >= 15 is 0 Å². The highest BCUT2D eigenvalue weighted by molar-refractivity contribution is 6.34. The fraction of sp³-hybridized carbons (Fsp3) is 0.582. The molecule has 4 aliphatic carbocycles. The van der Waals surface area contributed by atoms with Gasteiger partial charge in [0.15, 0.2) is 0 Å². The highest BCUT2D eigenvalue weighted by Gasteiger charge is 2.59. The van der Waals surface area contributed by atoms with E-state index in [4.69, 9.17) is 13.9 Å². The van der Waals surface area contributed by atoms with Crippen LogP contribution in [0.2, 0.25) is 0 Å². The zero-order chi connectivity index (χ0) is 42.2. The zero-order valence-corrected chi connectivity index (χ0v) is 38.2. The van der Waals surface area contributed by atoms with Crippen molar-refractivity contribution in [3.05, 3.63) is 72.0 Å². The average molecular weight is 823 g/mol. The van der Waals surface area contributed by atoms with Gasteiger partial charge in [0.1, 0.15) is 17.4 Å². The predicted molar refractivity (Wildman–Crippen MR) is 252 cm³/mol. The van der Waals surface area contributed by atoms with Gasteiger partial charge in [-0.15, -0.1) is 0 Å². The molecule has 0 radical (unpaired) electrons. The van der Waals surface area contributed by atoms with Gasteiger partial charge in [-0.05, 0) is 154 Å².